The SMILES string of the molecule is COc1ccc(C2NC3(CCN(C(=O)OC(C)(C)C)CC3)C(=O)N2CCCc2ccccc2)cc1. The van der Waals surface area contributed by atoms with E-state index in [1.54, 1.807) is 12.0 Å². The maximum absolute atomic E-state index is 13.8. The molecule has 1 spiro atoms. The number of benzene rings is 2. The van der Waals surface area contributed by atoms with Gasteiger partial charge in [-0.25, -0.2) is 4.79 Å². The van der Waals surface area contributed by atoms with Crippen LogP contribution in [0.1, 0.15) is 57.3 Å². The van der Waals surface area contributed by atoms with Gasteiger partial charge in [0.2, 0.25) is 5.91 Å². The highest BCUT2D eigenvalue weighted by Gasteiger charge is 2.53. The molecule has 0 saturated carbocycles. The number of nitrogens with one attached hydrogen (secondary N) is 1. The number of ether oxygens (including phenoxy) is 2. The van der Waals surface area contributed by atoms with Crippen LogP contribution in [0.3, 0.4) is 0 Å². The first-order valence-electron chi connectivity index (χ1n) is 12.5. The Morgan fingerprint density at radius 1 is 1.06 bits per heavy atom. The van der Waals surface area contributed by atoms with Crippen LogP contribution >= 0.6 is 0 Å². The molecule has 2 amide bonds. The van der Waals surface area contributed by atoms with Gasteiger partial charge >= 0.3 is 6.09 Å². The van der Waals surface area contributed by atoms with Crippen molar-refractivity contribution in [3.8, 4) is 5.75 Å². The number of aryl methyl sites for hydroxylation is 1. The average Bonchev–Trinajstić information content (AvgIpc) is 3.10. The summed E-state index contributed by atoms with van der Waals surface area (Å²) in [4.78, 5) is 30.1. The molecule has 2 aliphatic heterocycles. The van der Waals surface area contributed by atoms with Crippen molar-refractivity contribution >= 4 is 12.0 Å². The average molecular weight is 480 g/mol. The van der Waals surface area contributed by atoms with Crippen LogP contribution in [-0.4, -0.2) is 59.7 Å². The van der Waals surface area contributed by atoms with Gasteiger partial charge < -0.3 is 19.3 Å². The first-order valence-corrected chi connectivity index (χ1v) is 12.5. The van der Waals surface area contributed by atoms with Crippen molar-refractivity contribution in [3.63, 3.8) is 0 Å². The molecule has 0 radical (unpaired) electrons. The van der Waals surface area contributed by atoms with Crippen LogP contribution in [0.25, 0.3) is 0 Å². The van der Waals surface area contributed by atoms with E-state index in [0.29, 0.717) is 32.5 Å². The van der Waals surface area contributed by atoms with E-state index in [1.807, 2.05) is 68.1 Å². The van der Waals surface area contributed by atoms with Crippen molar-refractivity contribution in [2.75, 3.05) is 26.7 Å². The van der Waals surface area contributed by atoms with Crippen LogP contribution < -0.4 is 10.1 Å². The van der Waals surface area contributed by atoms with Crippen molar-refractivity contribution in [2.45, 2.75) is 63.8 Å². The minimum absolute atomic E-state index is 0.121. The lowest BCUT2D eigenvalue weighted by Crippen LogP contribution is -2.56. The number of amides is 2. The van der Waals surface area contributed by atoms with Gasteiger partial charge in [0.05, 0.1) is 7.11 Å². The number of nitrogens with zero attached hydrogens (tertiary/aromatic N) is 2. The van der Waals surface area contributed by atoms with E-state index < -0.39 is 11.1 Å². The fraction of sp³-hybridized carbons (Fsp3) is 0.500. The van der Waals surface area contributed by atoms with Crippen LogP contribution in [-0.2, 0) is 16.0 Å². The Kier molecular flexibility index (Phi) is 7.36. The first kappa shape index (κ1) is 25.0. The van der Waals surface area contributed by atoms with E-state index in [2.05, 4.69) is 17.4 Å². The van der Waals surface area contributed by atoms with E-state index in [0.717, 1.165) is 24.2 Å². The Morgan fingerprint density at radius 3 is 2.31 bits per heavy atom. The summed E-state index contributed by atoms with van der Waals surface area (Å²) < 4.78 is 10.9. The zero-order chi connectivity index (χ0) is 25.1. The summed E-state index contributed by atoms with van der Waals surface area (Å²) in [6.45, 7) is 7.23. The summed E-state index contributed by atoms with van der Waals surface area (Å²) in [6.07, 6.45) is 2.39. The largest absolute Gasteiger partial charge is 0.497 e. The van der Waals surface area contributed by atoms with Gasteiger partial charge in [0, 0.05) is 19.6 Å². The number of piperidine rings is 1. The van der Waals surface area contributed by atoms with E-state index in [9.17, 15) is 9.59 Å². The number of carbonyl (C=O) groups excluding carboxylic acids is 2. The Labute approximate surface area is 208 Å². The quantitative estimate of drug-likeness (QED) is 0.659. The summed E-state index contributed by atoms with van der Waals surface area (Å²) in [7, 11) is 1.65. The molecule has 1 atom stereocenters. The number of likely N-dealkylation sites (tertiary alicyclic amines) is 1. The molecule has 2 aromatic carbocycles. The monoisotopic (exact) mass is 479 g/mol. The van der Waals surface area contributed by atoms with E-state index >= 15 is 0 Å². The summed E-state index contributed by atoms with van der Waals surface area (Å²) in [5.41, 5.74) is 1.09. The smallest absolute Gasteiger partial charge is 0.410 e. The second-order valence-corrected chi connectivity index (χ2v) is 10.5. The molecule has 0 aliphatic carbocycles. The van der Waals surface area contributed by atoms with Gasteiger partial charge in [0.15, 0.2) is 0 Å². The molecule has 7 nitrogen and oxygen atoms in total. The van der Waals surface area contributed by atoms with Crippen LogP contribution in [0.2, 0.25) is 0 Å². The lowest BCUT2D eigenvalue weighted by Gasteiger charge is -2.38. The van der Waals surface area contributed by atoms with Crippen LogP contribution in [0.4, 0.5) is 4.79 Å². The van der Waals surface area contributed by atoms with Gasteiger partial charge in [-0.2, -0.15) is 0 Å². The van der Waals surface area contributed by atoms with Crippen molar-refractivity contribution in [2.24, 2.45) is 0 Å². The molecular weight excluding hydrogens is 442 g/mol. The summed E-state index contributed by atoms with van der Waals surface area (Å²) >= 11 is 0. The molecular formula is C28H37N3O4. The number of methoxy groups -OCH3 is 1. The molecule has 7 heteroatoms. The molecule has 2 saturated heterocycles. The zero-order valence-electron chi connectivity index (χ0n) is 21.3. The van der Waals surface area contributed by atoms with Gasteiger partial charge in [0.25, 0.3) is 0 Å². The van der Waals surface area contributed by atoms with Crippen LogP contribution in [0.5, 0.6) is 5.75 Å². The third-order valence-electron chi connectivity index (χ3n) is 6.80. The number of rotatable bonds is 6. The lowest BCUT2D eigenvalue weighted by molar-refractivity contribution is -0.134. The van der Waals surface area contributed by atoms with Gasteiger partial charge in [-0.05, 0) is 69.7 Å². The van der Waals surface area contributed by atoms with E-state index in [4.69, 9.17) is 9.47 Å². The Morgan fingerprint density at radius 2 is 1.71 bits per heavy atom. The fourth-order valence-corrected chi connectivity index (χ4v) is 4.93. The Hall–Kier alpha value is -3.06. The minimum Gasteiger partial charge on any atom is -0.497 e. The highest BCUT2D eigenvalue weighted by molar-refractivity contribution is 5.89. The summed E-state index contributed by atoms with van der Waals surface area (Å²) in [5.74, 6) is 0.907. The van der Waals surface area contributed by atoms with Gasteiger partial charge in [-0.1, -0.05) is 42.5 Å². The standard InChI is InChI=1S/C28H37N3O4/c1-27(2,3)35-26(33)30-19-16-28(17-20-30)25(32)31(18-8-11-21-9-6-5-7-10-21)24(29-28)22-12-14-23(34-4)15-13-22/h5-7,9-10,12-15,24,29H,8,11,16-20H2,1-4H3. The predicted molar refractivity (Wildman–Crippen MR) is 135 cm³/mol. The van der Waals surface area contributed by atoms with Crippen molar-refractivity contribution in [1.29, 1.82) is 0 Å². The summed E-state index contributed by atoms with van der Waals surface area (Å²) in [6, 6.07) is 18.3. The molecule has 2 fully saturated rings. The Bertz CT molecular complexity index is 1010. The van der Waals surface area contributed by atoms with Gasteiger partial charge in [0.1, 0.15) is 23.1 Å². The molecule has 0 aromatic heterocycles. The second-order valence-electron chi connectivity index (χ2n) is 10.5. The normalized spacial score (nSPS) is 19.8. The number of hydrogen-bond donors (Lipinski definition) is 1. The van der Waals surface area contributed by atoms with Crippen molar-refractivity contribution in [3.05, 3.63) is 65.7 Å². The molecule has 4 rings (SSSR count). The number of carbonyl (C=O) groups is 2. The molecule has 188 valence electrons. The first-order chi connectivity index (χ1) is 16.7. The Balaban J connectivity index is 1.49. The van der Waals surface area contributed by atoms with Crippen molar-refractivity contribution in [1.82, 2.24) is 15.1 Å². The maximum atomic E-state index is 13.8. The van der Waals surface area contributed by atoms with Crippen molar-refractivity contribution < 1.29 is 19.1 Å². The second kappa shape index (κ2) is 10.3. The topological polar surface area (TPSA) is 71.1 Å². The van der Waals surface area contributed by atoms with Crippen LogP contribution in [0, 0.1) is 0 Å². The third-order valence-corrected chi connectivity index (χ3v) is 6.80. The third kappa shape index (κ3) is 5.78. The highest BCUT2D eigenvalue weighted by Crippen LogP contribution is 2.38. The number of hydrogen-bond acceptors (Lipinski definition) is 5. The molecule has 1 unspecified atom stereocenters. The molecule has 2 aliphatic rings. The maximum Gasteiger partial charge on any atom is 0.410 e. The lowest BCUT2D eigenvalue weighted by atomic mass is 9.87. The van der Waals surface area contributed by atoms with Gasteiger partial charge in [-0.15, -0.1) is 0 Å². The van der Waals surface area contributed by atoms with Crippen LogP contribution in [0.15, 0.2) is 54.6 Å². The molecule has 35 heavy (non-hydrogen) atoms. The van der Waals surface area contributed by atoms with E-state index in [1.165, 1.54) is 5.56 Å². The highest BCUT2D eigenvalue weighted by atomic mass is 16.6. The van der Waals surface area contributed by atoms with E-state index in [-0.39, 0.29) is 18.2 Å². The minimum atomic E-state index is -0.671. The predicted octanol–water partition coefficient (Wildman–Crippen LogP) is 4.53. The summed E-state index contributed by atoms with van der Waals surface area (Å²) in [5, 5.41) is 3.67. The zero-order valence-corrected chi connectivity index (χ0v) is 21.3. The fourth-order valence-electron chi connectivity index (χ4n) is 4.93. The molecule has 2 heterocycles. The molecule has 2 aromatic rings. The van der Waals surface area contributed by atoms with Gasteiger partial charge in [-0.3, -0.25) is 10.1 Å². The molecule has 1 N–H and O–H groups in total. The molecule has 0 bridgehead atoms.